The Labute approximate surface area is 177 Å². The van der Waals surface area contributed by atoms with Crippen LogP contribution in [0.4, 0.5) is 0 Å². The van der Waals surface area contributed by atoms with Gasteiger partial charge in [0.25, 0.3) is 11.8 Å². The number of carbonyl (C=O) groups is 2. The van der Waals surface area contributed by atoms with Gasteiger partial charge in [0.15, 0.2) is 0 Å². The lowest BCUT2D eigenvalue weighted by molar-refractivity contribution is 0.0722. The van der Waals surface area contributed by atoms with Crippen LogP contribution in [0.1, 0.15) is 38.5 Å². The van der Waals surface area contributed by atoms with Crippen molar-refractivity contribution >= 4 is 11.8 Å². The van der Waals surface area contributed by atoms with Crippen LogP contribution in [-0.2, 0) is 13.5 Å². The second kappa shape index (κ2) is 9.87. The Morgan fingerprint density at radius 3 is 2.57 bits per heavy atom. The van der Waals surface area contributed by atoms with Crippen LogP contribution in [0.3, 0.4) is 0 Å². The topological polar surface area (TPSA) is 67.2 Å². The molecule has 6 nitrogen and oxygen atoms in total. The average molecular weight is 405 g/mol. The fraction of sp³-hybridized carbons (Fsp3) is 0.292. The minimum atomic E-state index is -0.111. The molecule has 0 aliphatic carbocycles. The summed E-state index contributed by atoms with van der Waals surface area (Å²) in [5, 5.41) is 2.98. The molecule has 1 aromatic carbocycles. The third-order valence-corrected chi connectivity index (χ3v) is 5.27. The standard InChI is InChI=1S/C24H28N4O2/c1-18-16-20(11-13-25-18)24(30)28(3)21(17-19-8-5-4-6-9-19)12-14-26-23(29)22-10-7-15-27(22)2/h4-11,13,15-16,21H,12,14,17H2,1-3H3,(H,26,29)/t21-/m1/s1. The van der Waals surface area contributed by atoms with E-state index in [0.717, 1.165) is 11.3 Å². The predicted molar refractivity (Wildman–Crippen MR) is 117 cm³/mol. The number of hydrogen-bond donors (Lipinski definition) is 1. The summed E-state index contributed by atoms with van der Waals surface area (Å²) in [4.78, 5) is 31.4. The van der Waals surface area contributed by atoms with Gasteiger partial charge in [-0.3, -0.25) is 14.6 Å². The lowest BCUT2D eigenvalue weighted by atomic mass is 10.0. The molecule has 3 rings (SSSR count). The van der Waals surface area contributed by atoms with E-state index >= 15 is 0 Å². The second-order valence-corrected chi connectivity index (χ2v) is 7.49. The van der Waals surface area contributed by atoms with Crippen molar-refractivity contribution < 1.29 is 9.59 Å². The van der Waals surface area contributed by atoms with Gasteiger partial charge in [-0.1, -0.05) is 30.3 Å². The Morgan fingerprint density at radius 1 is 1.13 bits per heavy atom. The number of aromatic nitrogens is 2. The first-order chi connectivity index (χ1) is 14.5. The van der Waals surface area contributed by atoms with Crippen LogP contribution < -0.4 is 5.32 Å². The highest BCUT2D eigenvalue weighted by atomic mass is 16.2. The van der Waals surface area contributed by atoms with E-state index in [4.69, 9.17) is 0 Å². The van der Waals surface area contributed by atoms with E-state index in [1.807, 2.05) is 51.5 Å². The summed E-state index contributed by atoms with van der Waals surface area (Å²) in [5.74, 6) is -0.158. The van der Waals surface area contributed by atoms with E-state index in [9.17, 15) is 9.59 Å². The van der Waals surface area contributed by atoms with E-state index in [1.54, 1.807) is 33.9 Å². The first-order valence-corrected chi connectivity index (χ1v) is 10.1. The summed E-state index contributed by atoms with van der Waals surface area (Å²) in [6.07, 6.45) is 4.86. The highest BCUT2D eigenvalue weighted by Gasteiger charge is 2.22. The summed E-state index contributed by atoms with van der Waals surface area (Å²) in [6.45, 7) is 2.35. The Kier molecular flexibility index (Phi) is 7.01. The van der Waals surface area contributed by atoms with E-state index in [2.05, 4.69) is 22.4 Å². The second-order valence-electron chi connectivity index (χ2n) is 7.49. The number of amides is 2. The lowest BCUT2D eigenvalue weighted by Crippen LogP contribution is -2.41. The van der Waals surface area contributed by atoms with Crippen molar-refractivity contribution in [1.82, 2.24) is 19.8 Å². The first kappa shape index (κ1) is 21.3. The molecule has 0 spiro atoms. The molecule has 156 valence electrons. The van der Waals surface area contributed by atoms with Crippen molar-refractivity contribution in [2.45, 2.75) is 25.8 Å². The van der Waals surface area contributed by atoms with Gasteiger partial charge in [-0.25, -0.2) is 0 Å². The summed E-state index contributed by atoms with van der Waals surface area (Å²) in [7, 11) is 3.67. The molecule has 1 atom stereocenters. The quantitative estimate of drug-likeness (QED) is 0.627. The molecule has 0 saturated carbocycles. The van der Waals surface area contributed by atoms with Gasteiger partial charge in [-0.05, 0) is 49.6 Å². The van der Waals surface area contributed by atoms with Crippen LogP contribution >= 0.6 is 0 Å². The number of nitrogens with zero attached hydrogens (tertiary/aromatic N) is 3. The number of aryl methyl sites for hydroxylation is 2. The van der Waals surface area contributed by atoms with Crippen LogP contribution in [-0.4, -0.2) is 45.9 Å². The Hall–Kier alpha value is -3.41. The normalized spacial score (nSPS) is 11.7. The molecule has 30 heavy (non-hydrogen) atoms. The van der Waals surface area contributed by atoms with Crippen LogP contribution in [0, 0.1) is 6.92 Å². The van der Waals surface area contributed by atoms with Gasteiger partial charge in [0.1, 0.15) is 5.69 Å². The minimum absolute atomic E-state index is 0.0461. The Bertz CT molecular complexity index is 997. The van der Waals surface area contributed by atoms with Crippen molar-refractivity contribution in [1.29, 1.82) is 0 Å². The van der Waals surface area contributed by atoms with Gasteiger partial charge in [0.05, 0.1) is 0 Å². The molecule has 0 saturated heterocycles. The van der Waals surface area contributed by atoms with Gasteiger partial charge >= 0.3 is 0 Å². The van der Waals surface area contributed by atoms with Crippen molar-refractivity contribution in [2.24, 2.45) is 7.05 Å². The smallest absolute Gasteiger partial charge is 0.267 e. The molecule has 1 N–H and O–H groups in total. The maximum Gasteiger partial charge on any atom is 0.267 e. The maximum atomic E-state index is 13.1. The third-order valence-electron chi connectivity index (χ3n) is 5.27. The van der Waals surface area contributed by atoms with E-state index < -0.39 is 0 Å². The molecule has 0 bridgehead atoms. The number of nitrogens with one attached hydrogen (secondary N) is 1. The third kappa shape index (κ3) is 5.35. The van der Waals surface area contributed by atoms with E-state index in [0.29, 0.717) is 30.6 Å². The van der Waals surface area contributed by atoms with Gasteiger partial charge in [0, 0.05) is 50.3 Å². The summed E-state index contributed by atoms with van der Waals surface area (Å²) >= 11 is 0. The first-order valence-electron chi connectivity index (χ1n) is 10.1. The summed E-state index contributed by atoms with van der Waals surface area (Å²) in [5.41, 5.74) is 3.20. The van der Waals surface area contributed by atoms with Crippen LogP contribution in [0.25, 0.3) is 0 Å². The monoisotopic (exact) mass is 404 g/mol. The largest absolute Gasteiger partial charge is 0.351 e. The Morgan fingerprint density at radius 2 is 1.90 bits per heavy atom. The number of pyridine rings is 1. The van der Waals surface area contributed by atoms with Crippen molar-refractivity contribution in [2.75, 3.05) is 13.6 Å². The fourth-order valence-electron chi connectivity index (χ4n) is 3.51. The molecule has 3 aromatic rings. The zero-order valence-electron chi connectivity index (χ0n) is 17.7. The molecule has 2 amide bonds. The zero-order valence-corrected chi connectivity index (χ0v) is 17.7. The van der Waals surface area contributed by atoms with Crippen molar-refractivity contribution in [3.63, 3.8) is 0 Å². The molecule has 0 radical (unpaired) electrons. The van der Waals surface area contributed by atoms with Crippen LogP contribution in [0.15, 0.2) is 67.0 Å². The van der Waals surface area contributed by atoms with Gasteiger partial charge in [-0.2, -0.15) is 0 Å². The number of rotatable bonds is 8. The summed E-state index contributed by atoms with van der Waals surface area (Å²) in [6, 6.07) is 17.2. The number of likely N-dealkylation sites (N-methyl/N-ethyl adjacent to an activating group) is 1. The average Bonchev–Trinajstić information content (AvgIpc) is 3.18. The molecule has 6 heteroatoms. The SMILES string of the molecule is Cc1cc(C(=O)N(C)[C@H](CCNC(=O)c2cccn2C)Cc2ccccc2)ccn1. The molecular weight excluding hydrogens is 376 g/mol. The van der Waals surface area contributed by atoms with Gasteiger partial charge in [-0.15, -0.1) is 0 Å². The number of benzene rings is 1. The lowest BCUT2D eigenvalue weighted by Gasteiger charge is -2.29. The van der Waals surface area contributed by atoms with Crippen molar-refractivity contribution in [3.8, 4) is 0 Å². The van der Waals surface area contributed by atoms with Crippen LogP contribution in [0.2, 0.25) is 0 Å². The molecule has 0 aliphatic rings. The van der Waals surface area contributed by atoms with Gasteiger partial charge < -0.3 is 14.8 Å². The maximum absolute atomic E-state index is 13.1. The number of carbonyl (C=O) groups excluding carboxylic acids is 2. The molecule has 0 aliphatic heterocycles. The van der Waals surface area contributed by atoms with Crippen LogP contribution in [0.5, 0.6) is 0 Å². The fourth-order valence-corrected chi connectivity index (χ4v) is 3.51. The highest BCUT2D eigenvalue weighted by Crippen LogP contribution is 2.15. The number of hydrogen-bond acceptors (Lipinski definition) is 3. The van der Waals surface area contributed by atoms with E-state index in [1.165, 1.54) is 0 Å². The van der Waals surface area contributed by atoms with E-state index in [-0.39, 0.29) is 17.9 Å². The highest BCUT2D eigenvalue weighted by molar-refractivity contribution is 5.94. The molecular formula is C24H28N4O2. The Balaban J connectivity index is 1.70. The molecule has 2 aromatic heterocycles. The molecule has 2 heterocycles. The van der Waals surface area contributed by atoms with Crippen molar-refractivity contribution in [3.05, 3.63) is 89.5 Å². The molecule has 0 fully saturated rings. The predicted octanol–water partition coefficient (Wildman–Crippen LogP) is 3.23. The molecule has 0 unspecified atom stereocenters. The zero-order chi connectivity index (χ0) is 21.5. The minimum Gasteiger partial charge on any atom is -0.351 e. The summed E-state index contributed by atoms with van der Waals surface area (Å²) < 4.78 is 1.79. The van der Waals surface area contributed by atoms with Gasteiger partial charge in [0.2, 0.25) is 0 Å².